The van der Waals surface area contributed by atoms with Crippen LogP contribution in [0.1, 0.15) is 21.5 Å². The van der Waals surface area contributed by atoms with Crippen LogP contribution in [0.15, 0.2) is 83.8 Å². The highest BCUT2D eigenvalue weighted by atomic mass is 32.2. The highest BCUT2D eigenvalue weighted by molar-refractivity contribution is 7.89. The zero-order valence-corrected chi connectivity index (χ0v) is 18.8. The van der Waals surface area contributed by atoms with E-state index < -0.39 is 15.9 Å². The van der Waals surface area contributed by atoms with Crippen LogP contribution < -0.4 is 5.32 Å². The van der Waals surface area contributed by atoms with E-state index >= 15 is 0 Å². The number of hydrogen-bond donors (Lipinski definition) is 1. The van der Waals surface area contributed by atoms with Crippen LogP contribution in [-0.2, 0) is 16.6 Å². The summed E-state index contributed by atoms with van der Waals surface area (Å²) in [5.41, 5.74) is 2.34. The van der Waals surface area contributed by atoms with Crippen LogP contribution in [0.2, 0.25) is 0 Å². The molecule has 0 spiro atoms. The van der Waals surface area contributed by atoms with Crippen LogP contribution in [0.25, 0.3) is 0 Å². The van der Waals surface area contributed by atoms with E-state index in [9.17, 15) is 13.2 Å². The Bertz CT molecular complexity index is 1280. The van der Waals surface area contributed by atoms with E-state index in [-0.39, 0.29) is 10.5 Å². The number of anilines is 1. The summed E-state index contributed by atoms with van der Waals surface area (Å²) in [5.74, 6) is -0.435. The molecule has 1 aliphatic heterocycles. The van der Waals surface area contributed by atoms with Crippen molar-refractivity contribution < 1.29 is 13.2 Å². The Balaban J connectivity index is 1.43. The molecule has 0 radical (unpaired) electrons. The lowest BCUT2D eigenvalue weighted by molar-refractivity contribution is 0.102. The van der Waals surface area contributed by atoms with E-state index in [0.29, 0.717) is 37.4 Å². The lowest BCUT2D eigenvalue weighted by atomic mass is 10.2. The monoisotopic (exact) mass is 460 g/mol. The molecule has 0 unspecified atom stereocenters. The second kappa shape index (κ2) is 9.96. The summed E-state index contributed by atoms with van der Waals surface area (Å²) in [6, 6.07) is 24.7. The first kappa shape index (κ1) is 22.7. The Labute approximate surface area is 193 Å². The van der Waals surface area contributed by atoms with Crippen LogP contribution in [0.5, 0.6) is 0 Å². The van der Waals surface area contributed by atoms with Gasteiger partial charge in [-0.25, -0.2) is 8.42 Å². The van der Waals surface area contributed by atoms with Crippen molar-refractivity contribution in [3.05, 3.63) is 95.6 Å². The Kier molecular flexibility index (Phi) is 6.84. The number of nitrogens with one attached hydrogen (secondary N) is 1. The van der Waals surface area contributed by atoms with Gasteiger partial charge in [0.15, 0.2) is 0 Å². The number of hydrogen-bond acceptors (Lipinski definition) is 5. The highest BCUT2D eigenvalue weighted by Crippen LogP contribution is 2.20. The minimum absolute atomic E-state index is 0.0948. The third-order valence-corrected chi connectivity index (χ3v) is 7.46. The summed E-state index contributed by atoms with van der Waals surface area (Å²) in [5, 5.41) is 11.7. The number of nitriles is 1. The van der Waals surface area contributed by atoms with Gasteiger partial charge in [0, 0.05) is 44.0 Å². The van der Waals surface area contributed by atoms with Crippen LogP contribution >= 0.6 is 0 Å². The molecule has 8 heteroatoms. The molecule has 7 nitrogen and oxygen atoms in total. The molecule has 0 atom stereocenters. The molecule has 1 fully saturated rings. The standard InChI is InChI=1S/C25H24N4O3S/c26-18-21-8-4-10-23(16-21)27-25(30)22-9-5-11-24(17-22)33(31,32)29-14-12-28(13-15-29)19-20-6-2-1-3-7-20/h1-11,16-17H,12-15,19H2,(H,27,30). The van der Waals surface area contributed by atoms with E-state index in [1.165, 1.54) is 22.0 Å². The number of nitrogens with zero attached hydrogens (tertiary/aromatic N) is 3. The number of rotatable bonds is 6. The lowest BCUT2D eigenvalue weighted by Crippen LogP contribution is -2.48. The fraction of sp³-hybridized carbons (Fsp3) is 0.200. The molecular formula is C25H24N4O3S. The van der Waals surface area contributed by atoms with E-state index in [4.69, 9.17) is 5.26 Å². The predicted octanol–water partition coefficient (Wildman–Crippen LogP) is 3.32. The van der Waals surface area contributed by atoms with Crippen molar-refractivity contribution >= 4 is 21.6 Å². The zero-order valence-electron chi connectivity index (χ0n) is 18.0. The van der Waals surface area contributed by atoms with Crippen molar-refractivity contribution in [1.29, 1.82) is 5.26 Å². The summed E-state index contributed by atoms with van der Waals surface area (Å²) < 4.78 is 27.9. The Morgan fingerprint density at radius 1 is 0.909 bits per heavy atom. The summed E-state index contributed by atoms with van der Waals surface area (Å²) >= 11 is 0. The average molecular weight is 461 g/mol. The minimum atomic E-state index is -3.71. The highest BCUT2D eigenvalue weighted by Gasteiger charge is 2.29. The second-order valence-electron chi connectivity index (χ2n) is 7.84. The number of carbonyl (C=O) groups is 1. The maximum Gasteiger partial charge on any atom is 0.255 e. The van der Waals surface area contributed by atoms with Crippen LogP contribution in [0, 0.1) is 11.3 Å². The molecule has 1 N–H and O–H groups in total. The third kappa shape index (κ3) is 5.46. The van der Waals surface area contributed by atoms with Gasteiger partial charge in [0.05, 0.1) is 16.5 Å². The summed E-state index contributed by atoms with van der Waals surface area (Å²) in [7, 11) is -3.71. The van der Waals surface area contributed by atoms with Gasteiger partial charge in [-0.3, -0.25) is 9.69 Å². The van der Waals surface area contributed by atoms with Gasteiger partial charge < -0.3 is 5.32 Å². The third-order valence-electron chi connectivity index (χ3n) is 5.56. The Hall–Kier alpha value is -3.51. The van der Waals surface area contributed by atoms with Gasteiger partial charge in [-0.2, -0.15) is 9.57 Å². The average Bonchev–Trinajstić information content (AvgIpc) is 2.85. The molecule has 1 saturated heterocycles. The predicted molar refractivity (Wildman–Crippen MR) is 126 cm³/mol. The zero-order chi connectivity index (χ0) is 23.3. The molecule has 1 aliphatic rings. The molecule has 168 valence electrons. The fourth-order valence-corrected chi connectivity index (χ4v) is 5.25. The molecular weight excluding hydrogens is 436 g/mol. The topological polar surface area (TPSA) is 93.5 Å². The molecule has 0 bridgehead atoms. The van der Waals surface area contributed by atoms with Crippen LogP contribution in [0.4, 0.5) is 5.69 Å². The van der Waals surface area contributed by atoms with Crippen molar-refractivity contribution in [2.75, 3.05) is 31.5 Å². The van der Waals surface area contributed by atoms with E-state index in [0.717, 1.165) is 6.54 Å². The van der Waals surface area contributed by atoms with Gasteiger partial charge in [-0.1, -0.05) is 42.5 Å². The number of amides is 1. The van der Waals surface area contributed by atoms with E-state index in [2.05, 4.69) is 22.3 Å². The van der Waals surface area contributed by atoms with Crippen molar-refractivity contribution in [2.45, 2.75) is 11.4 Å². The normalized spacial score (nSPS) is 15.0. The van der Waals surface area contributed by atoms with Gasteiger partial charge in [0.1, 0.15) is 0 Å². The van der Waals surface area contributed by atoms with Crippen molar-refractivity contribution in [3.63, 3.8) is 0 Å². The first-order chi connectivity index (χ1) is 16.0. The van der Waals surface area contributed by atoms with E-state index in [1.807, 2.05) is 24.3 Å². The second-order valence-corrected chi connectivity index (χ2v) is 9.78. The minimum Gasteiger partial charge on any atom is -0.322 e. The van der Waals surface area contributed by atoms with Gasteiger partial charge >= 0.3 is 0 Å². The number of benzene rings is 3. The van der Waals surface area contributed by atoms with Crippen molar-refractivity contribution in [3.8, 4) is 6.07 Å². The molecule has 0 aromatic heterocycles. The molecule has 0 saturated carbocycles. The number of sulfonamides is 1. The quantitative estimate of drug-likeness (QED) is 0.609. The van der Waals surface area contributed by atoms with Gasteiger partial charge in [-0.05, 0) is 42.0 Å². The smallest absolute Gasteiger partial charge is 0.255 e. The Morgan fingerprint density at radius 2 is 1.64 bits per heavy atom. The summed E-state index contributed by atoms with van der Waals surface area (Å²) in [6.45, 7) is 2.86. The molecule has 0 aliphatic carbocycles. The summed E-state index contributed by atoms with van der Waals surface area (Å²) in [4.78, 5) is 15.0. The van der Waals surface area contributed by atoms with Crippen LogP contribution in [0.3, 0.4) is 0 Å². The molecule has 3 aromatic rings. The fourth-order valence-electron chi connectivity index (χ4n) is 3.79. The molecule has 4 rings (SSSR count). The molecule has 3 aromatic carbocycles. The summed E-state index contributed by atoms with van der Waals surface area (Å²) in [6.07, 6.45) is 0. The number of carbonyl (C=O) groups excluding carboxylic acids is 1. The number of piperazine rings is 1. The molecule has 1 amide bonds. The maximum absolute atomic E-state index is 13.2. The molecule has 1 heterocycles. The molecule has 33 heavy (non-hydrogen) atoms. The van der Waals surface area contributed by atoms with Crippen LogP contribution in [-0.4, -0.2) is 49.7 Å². The first-order valence-corrected chi connectivity index (χ1v) is 12.1. The van der Waals surface area contributed by atoms with Gasteiger partial charge in [-0.15, -0.1) is 0 Å². The largest absolute Gasteiger partial charge is 0.322 e. The van der Waals surface area contributed by atoms with Gasteiger partial charge in [0.25, 0.3) is 5.91 Å². The maximum atomic E-state index is 13.2. The Morgan fingerprint density at radius 3 is 2.36 bits per heavy atom. The van der Waals surface area contributed by atoms with E-state index in [1.54, 1.807) is 36.4 Å². The SMILES string of the molecule is N#Cc1cccc(NC(=O)c2cccc(S(=O)(=O)N3CCN(Cc4ccccc4)CC3)c2)c1. The lowest BCUT2D eigenvalue weighted by Gasteiger charge is -2.34. The first-order valence-electron chi connectivity index (χ1n) is 10.6. The van der Waals surface area contributed by atoms with Crippen molar-refractivity contribution in [1.82, 2.24) is 9.21 Å². The van der Waals surface area contributed by atoms with Crippen molar-refractivity contribution in [2.24, 2.45) is 0 Å². The van der Waals surface area contributed by atoms with Gasteiger partial charge in [0.2, 0.25) is 10.0 Å².